The molecular weight excluding hydrogens is 352 g/mol. The number of nitrogens with zero attached hydrogens (tertiary/aromatic N) is 7. The molecule has 0 saturated carbocycles. The molecular formula is C16H14N8O3. The molecule has 2 N–H and O–H groups in total. The summed E-state index contributed by atoms with van der Waals surface area (Å²) in [5.41, 5.74) is 1.66. The lowest BCUT2D eigenvalue weighted by molar-refractivity contribution is 0.0697. The first-order valence-electron chi connectivity index (χ1n) is 7.62. The van der Waals surface area contributed by atoms with E-state index in [4.69, 9.17) is 9.84 Å². The van der Waals surface area contributed by atoms with Crippen molar-refractivity contribution in [3.8, 4) is 22.8 Å². The van der Waals surface area contributed by atoms with Gasteiger partial charge >= 0.3 is 5.97 Å². The average Bonchev–Trinajstić information content (AvgIpc) is 3.43. The van der Waals surface area contributed by atoms with Crippen molar-refractivity contribution in [2.24, 2.45) is 0 Å². The minimum Gasteiger partial charge on any atom is -0.497 e. The number of ether oxygens (including phenoxy) is 1. The molecule has 4 rings (SSSR count). The van der Waals surface area contributed by atoms with Crippen molar-refractivity contribution < 1.29 is 14.6 Å². The molecule has 0 spiro atoms. The maximum absolute atomic E-state index is 10.8. The highest BCUT2D eigenvalue weighted by molar-refractivity contribution is 5.88. The Bertz CT molecular complexity index is 964. The van der Waals surface area contributed by atoms with Gasteiger partial charge in [-0.2, -0.15) is 0 Å². The molecule has 0 aliphatic rings. The fourth-order valence-electron chi connectivity index (χ4n) is 2.05. The van der Waals surface area contributed by atoms with E-state index >= 15 is 0 Å². The number of aromatic amines is 1. The van der Waals surface area contributed by atoms with Crippen LogP contribution in [0.15, 0.2) is 54.9 Å². The molecule has 27 heavy (non-hydrogen) atoms. The van der Waals surface area contributed by atoms with Crippen molar-refractivity contribution in [1.82, 2.24) is 40.8 Å². The zero-order valence-corrected chi connectivity index (χ0v) is 14.1. The van der Waals surface area contributed by atoms with Gasteiger partial charge in [0.05, 0.1) is 18.4 Å². The Morgan fingerprint density at radius 2 is 1.85 bits per heavy atom. The van der Waals surface area contributed by atoms with Crippen molar-refractivity contribution in [3.63, 3.8) is 0 Å². The third-order valence-electron chi connectivity index (χ3n) is 3.38. The minimum atomic E-state index is -0.971. The van der Waals surface area contributed by atoms with Crippen LogP contribution in [0.3, 0.4) is 0 Å². The number of aromatic carboxylic acids is 1. The summed E-state index contributed by atoms with van der Waals surface area (Å²) in [7, 11) is 1.60. The van der Waals surface area contributed by atoms with Crippen LogP contribution in [-0.2, 0) is 0 Å². The second-order valence-electron chi connectivity index (χ2n) is 5.05. The third-order valence-corrected chi connectivity index (χ3v) is 3.38. The largest absolute Gasteiger partial charge is 0.497 e. The Morgan fingerprint density at radius 3 is 2.37 bits per heavy atom. The molecule has 0 saturated heterocycles. The number of H-pyrrole nitrogens is 1. The number of carboxylic acids is 1. The van der Waals surface area contributed by atoms with Crippen LogP contribution < -0.4 is 4.74 Å². The standard InChI is InChI=1S/C15H12N4O3.CH2N4/c1-22-13-8-6-12(7-9-13)19-17-14(16-18-19)10-2-4-11(5-3-10)15(20)21;1-2-4-5-3-1/h2-9H,1H3,(H,20,21);1H,(H,2,3,4,5). The smallest absolute Gasteiger partial charge is 0.335 e. The quantitative estimate of drug-likeness (QED) is 0.544. The van der Waals surface area contributed by atoms with Crippen molar-refractivity contribution in [1.29, 1.82) is 0 Å². The number of hydrogen-bond acceptors (Lipinski definition) is 8. The van der Waals surface area contributed by atoms with Gasteiger partial charge in [-0.3, -0.25) is 0 Å². The van der Waals surface area contributed by atoms with E-state index in [9.17, 15) is 4.79 Å². The molecule has 0 unspecified atom stereocenters. The third kappa shape index (κ3) is 4.48. The van der Waals surface area contributed by atoms with Gasteiger partial charge in [0.15, 0.2) is 0 Å². The Balaban J connectivity index is 0.000000364. The van der Waals surface area contributed by atoms with Crippen LogP contribution in [-0.4, -0.2) is 59.0 Å². The lowest BCUT2D eigenvalue weighted by atomic mass is 10.1. The van der Waals surface area contributed by atoms with Crippen LogP contribution in [0.25, 0.3) is 17.1 Å². The van der Waals surface area contributed by atoms with Gasteiger partial charge in [0.2, 0.25) is 5.82 Å². The van der Waals surface area contributed by atoms with E-state index in [2.05, 4.69) is 36.0 Å². The van der Waals surface area contributed by atoms with Crippen LogP contribution >= 0.6 is 0 Å². The van der Waals surface area contributed by atoms with E-state index in [1.165, 1.54) is 23.3 Å². The van der Waals surface area contributed by atoms with Crippen LogP contribution in [0.5, 0.6) is 5.75 Å². The van der Waals surface area contributed by atoms with Gasteiger partial charge in [0, 0.05) is 5.56 Å². The summed E-state index contributed by atoms with van der Waals surface area (Å²) >= 11 is 0. The summed E-state index contributed by atoms with van der Waals surface area (Å²) in [5.74, 6) is 0.197. The zero-order valence-electron chi connectivity index (χ0n) is 14.1. The van der Waals surface area contributed by atoms with E-state index in [0.717, 1.165) is 11.4 Å². The maximum atomic E-state index is 10.8. The molecule has 11 heteroatoms. The molecule has 2 aromatic heterocycles. The lowest BCUT2D eigenvalue weighted by Crippen LogP contribution is -1.99. The molecule has 2 aromatic carbocycles. The Hall–Kier alpha value is -4.15. The highest BCUT2D eigenvalue weighted by atomic mass is 16.5. The number of carbonyl (C=O) groups is 1. The normalized spacial score (nSPS) is 9.96. The summed E-state index contributed by atoms with van der Waals surface area (Å²) in [5, 5.41) is 33.2. The molecule has 0 bridgehead atoms. The summed E-state index contributed by atoms with van der Waals surface area (Å²) < 4.78 is 5.10. The van der Waals surface area contributed by atoms with Crippen LogP contribution in [0, 0.1) is 0 Å². The van der Waals surface area contributed by atoms with Gasteiger partial charge in [0.25, 0.3) is 0 Å². The fraction of sp³-hybridized carbons (Fsp3) is 0.0625. The highest BCUT2D eigenvalue weighted by Gasteiger charge is 2.09. The number of methoxy groups -OCH3 is 1. The van der Waals surface area contributed by atoms with Crippen molar-refractivity contribution >= 4 is 5.97 Å². The van der Waals surface area contributed by atoms with Gasteiger partial charge < -0.3 is 9.84 Å². The van der Waals surface area contributed by atoms with Gasteiger partial charge in [0.1, 0.15) is 12.1 Å². The van der Waals surface area contributed by atoms with Crippen LogP contribution in [0.4, 0.5) is 0 Å². The van der Waals surface area contributed by atoms with Crippen LogP contribution in [0.1, 0.15) is 10.4 Å². The predicted molar refractivity (Wildman–Crippen MR) is 92.3 cm³/mol. The molecule has 0 aliphatic heterocycles. The molecule has 0 radical (unpaired) electrons. The monoisotopic (exact) mass is 366 g/mol. The van der Waals surface area contributed by atoms with Gasteiger partial charge in [-0.1, -0.05) is 12.1 Å². The first-order chi connectivity index (χ1) is 13.2. The number of nitrogens with one attached hydrogen (secondary N) is 1. The van der Waals surface area contributed by atoms with Gasteiger partial charge in [-0.25, -0.2) is 9.89 Å². The van der Waals surface area contributed by atoms with Gasteiger partial charge in [-0.05, 0) is 52.0 Å². The predicted octanol–water partition coefficient (Wildman–Crippen LogP) is 1.24. The summed E-state index contributed by atoms with van der Waals surface area (Å²) in [6.07, 6.45) is 1.40. The summed E-state index contributed by atoms with van der Waals surface area (Å²) in [4.78, 5) is 12.2. The van der Waals surface area contributed by atoms with Crippen LogP contribution in [0.2, 0.25) is 0 Å². The van der Waals surface area contributed by atoms with E-state index in [1.54, 1.807) is 31.4 Å². The number of aromatic nitrogens is 8. The minimum absolute atomic E-state index is 0.214. The molecule has 2 heterocycles. The van der Waals surface area contributed by atoms with E-state index in [1.807, 2.05) is 12.1 Å². The van der Waals surface area contributed by atoms with E-state index in [0.29, 0.717) is 11.4 Å². The maximum Gasteiger partial charge on any atom is 0.335 e. The fourth-order valence-corrected chi connectivity index (χ4v) is 2.05. The molecule has 11 nitrogen and oxygen atoms in total. The van der Waals surface area contributed by atoms with Crippen molar-refractivity contribution in [3.05, 3.63) is 60.4 Å². The van der Waals surface area contributed by atoms with Crippen molar-refractivity contribution in [2.45, 2.75) is 0 Å². The van der Waals surface area contributed by atoms with Gasteiger partial charge in [-0.15, -0.1) is 20.1 Å². The average molecular weight is 366 g/mol. The van der Waals surface area contributed by atoms with E-state index in [-0.39, 0.29) is 5.56 Å². The second kappa shape index (κ2) is 8.29. The molecule has 0 aliphatic carbocycles. The number of tetrazole rings is 2. The lowest BCUT2D eigenvalue weighted by Gasteiger charge is -2.01. The van der Waals surface area contributed by atoms with E-state index < -0.39 is 5.97 Å². The Morgan fingerprint density at radius 1 is 1.11 bits per heavy atom. The van der Waals surface area contributed by atoms with Crippen molar-refractivity contribution in [2.75, 3.05) is 7.11 Å². The highest BCUT2D eigenvalue weighted by Crippen LogP contribution is 2.17. The summed E-state index contributed by atoms with van der Waals surface area (Å²) in [6.45, 7) is 0. The molecule has 0 atom stereocenters. The summed E-state index contributed by atoms with van der Waals surface area (Å²) in [6, 6.07) is 13.6. The molecule has 0 amide bonds. The number of rotatable bonds is 4. The first kappa shape index (κ1) is 17.7. The number of benzene rings is 2. The number of hydrogen-bond donors (Lipinski definition) is 2. The Kier molecular flexibility index (Phi) is 5.42. The topological polar surface area (TPSA) is 145 Å². The second-order valence-corrected chi connectivity index (χ2v) is 5.05. The SMILES string of the molecule is COc1ccc(-n2nnc(-c3ccc(C(=O)O)cc3)n2)cc1.c1nnn[nH]1. The number of carboxylic acid groups (broad SMARTS) is 1. The molecule has 0 fully saturated rings. The zero-order chi connectivity index (χ0) is 19.1. The Labute approximate surface area is 152 Å². The molecule has 4 aromatic rings. The first-order valence-corrected chi connectivity index (χ1v) is 7.62. The molecule has 136 valence electrons.